The predicted molar refractivity (Wildman–Crippen MR) is 123 cm³/mol. The molecule has 0 unspecified atom stereocenters. The lowest BCUT2D eigenvalue weighted by molar-refractivity contribution is 0.0989. The lowest BCUT2D eigenvalue weighted by atomic mass is 9.96. The number of benzene rings is 3. The summed E-state index contributed by atoms with van der Waals surface area (Å²) in [5.74, 6) is -0.0929. The number of nitrogens with one attached hydrogen (secondary N) is 1. The van der Waals surface area contributed by atoms with Crippen LogP contribution in [0.3, 0.4) is 0 Å². The molecule has 1 aliphatic heterocycles. The Kier molecular flexibility index (Phi) is 4.72. The largest absolute Gasteiger partial charge is 0.295 e. The van der Waals surface area contributed by atoms with E-state index < -0.39 is 0 Å². The van der Waals surface area contributed by atoms with Gasteiger partial charge in [0.25, 0.3) is 5.91 Å². The van der Waals surface area contributed by atoms with Gasteiger partial charge in [-0.15, -0.1) is 0 Å². The summed E-state index contributed by atoms with van der Waals surface area (Å²) in [6.45, 7) is 2.03. The molecule has 6 heteroatoms. The zero-order valence-electron chi connectivity index (χ0n) is 16.1. The number of fused-ring (bicyclic) bond motifs is 1. The van der Waals surface area contributed by atoms with Gasteiger partial charge in [-0.05, 0) is 48.9 Å². The Labute approximate surface area is 187 Å². The van der Waals surface area contributed by atoms with Gasteiger partial charge in [-0.3, -0.25) is 14.8 Å². The third kappa shape index (κ3) is 3.15. The van der Waals surface area contributed by atoms with E-state index in [0.29, 0.717) is 10.7 Å². The molecule has 0 saturated heterocycles. The second-order valence-corrected chi connectivity index (χ2v) is 8.68. The number of hydrogen-bond acceptors (Lipinski definition) is 2. The molecule has 0 spiro atoms. The molecule has 1 aromatic heterocycles. The van der Waals surface area contributed by atoms with Crippen LogP contribution in [-0.4, -0.2) is 16.1 Å². The topological polar surface area (TPSA) is 49.0 Å². The van der Waals surface area contributed by atoms with Crippen LogP contribution in [0.15, 0.2) is 77.3 Å². The van der Waals surface area contributed by atoms with Gasteiger partial charge in [-0.25, -0.2) is 0 Å². The Morgan fingerprint density at radius 3 is 2.30 bits per heavy atom. The Morgan fingerprint density at radius 2 is 1.63 bits per heavy atom. The van der Waals surface area contributed by atoms with Crippen LogP contribution in [-0.2, 0) is 0 Å². The molecule has 0 radical (unpaired) electrons. The number of rotatable bonds is 3. The van der Waals surface area contributed by atoms with E-state index in [-0.39, 0.29) is 11.9 Å². The first-order valence-corrected chi connectivity index (χ1v) is 10.7. The minimum Gasteiger partial charge on any atom is -0.295 e. The van der Waals surface area contributed by atoms with Gasteiger partial charge >= 0.3 is 0 Å². The standard InChI is InChI=1S/C24H17BrClN3O/c1-14-2-12-19(13-3-14)29-23(16-6-10-18(26)11-7-16)20-21(27-28-22(20)24(29)30)15-4-8-17(25)9-5-15/h2-13,23H,1H3,(H,27,28)/t23-/m0/s1. The summed E-state index contributed by atoms with van der Waals surface area (Å²) in [5.41, 5.74) is 6.10. The molecule has 0 fully saturated rings. The van der Waals surface area contributed by atoms with Gasteiger partial charge in [0.05, 0.1) is 11.7 Å². The first-order valence-electron chi connectivity index (χ1n) is 9.53. The molecule has 0 saturated carbocycles. The summed E-state index contributed by atoms with van der Waals surface area (Å²) in [6.07, 6.45) is 0. The number of amides is 1. The molecule has 1 aliphatic rings. The van der Waals surface area contributed by atoms with E-state index in [1.54, 1.807) is 0 Å². The van der Waals surface area contributed by atoms with E-state index in [4.69, 9.17) is 11.6 Å². The Hall–Kier alpha value is -2.89. The van der Waals surface area contributed by atoms with Crippen molar-refractivity contribution >= 4 is 39.1 Å². The second kappa shape index (κ2) is 7.42. The van der Waals surface area contributed by atoms with Crippen LogP contribution in [0.2, 0.25) is 5.02 Å². The summed E-state index contributed by atoms with van der Waals surface area (Å²) >= 11 is 9.61. The maximum absolute atomic E-state index is 13.5. The number of nitrogens with zero attached hydrogens (tertiary/aromatic N) is 2. The number of hydrogen-bond donors (Lipinski definition) is 1. The quantitative estimate of drug-likeness (QED) is 0.363. The molecule has 1 amide bonds. The summed E-state index contributed by atoms with van der Waals surface area (Å²) in [5, 5.41) is 8.16. The maximum atomic E-state index is 13.5. The van der Waals surface area contributed by atoms with Gasteiger partial charge in [0, 0.05) is 26.3 Å². The molecule has 0 aliphatic carbocycles. The Morgan fingerprint density at radius 1 is 0.967 bits per heavy atom. The van der Waals surface area contributed by atoms with Gasteiger partial charge in [-0.1, -0.05) is 69.5 Å². The van der Waals surface area contributed by atoms with Crippen molar-refractivity contribution in [2.45, 2.75) is 13.0 Å². The molecular formula is C24H17BrClN3O. The average Bonchev–Trinajstić information content (AvgIpc) is 3.29. The number of anilines is 1. The minimum absolute atomic E-state index is 0.0929. The van der Waals surface area contributed by atoms with Crippen molar-refractivity contribution in [3.63, 3.8) is 0 Å². The summed E-state index contributed by atoms with van der Waals surface area (Å²) < 4.78 is 0.991. The fourth-order valence-corrected chi connectivity index (χ4v) is 4.30. The molecule has 5 rings (SSSR count). The van der Waals surface area contributed by atoms with E-state index in [9.17, 15) is 4.79 Å². The third-order valence-corrected chi connectivity index (χ3v) is 6.16. The molecule has 4 aromatic rings. The van der Waals surface area contributed by atoms with E-state index in [2.05, 4.69) is 26.1 Å². The number of aromatic amines is 1. The highest BCUT2D eigenvalue weighted by Crippen LogP contribution is 2.45. The van der Waals surface area contributed by atoms with Gasteiger partial charge in [0.2, 0.25) is 0 Å². The average molecular weight is 479 g/mol. The van der Waals surface area contributed by atoms with Crippen LogP contribution in [0.5, 0.6) is 0 Å². The molecule has 1 N–H and O–H groups in total. The number of aryl methyl sites for hydroxylation is 1. The number of carbonyl (C=O) groups excluding carboxylic acids is 1. The first kappa shape index (κ1) is 19.1. The van der Waals surface area contributed by atoms with Gasteiger partial charge in [-0.2, -0.15) is 5.10 Å². The van der Waals surface area contributed by atoms with Gasteiger partial charge in [0.15, 0.2) is 0 Å². The van der Waals surface area contributed by atoms with Crippen molar-refractivity contribution in [1.82, 2.24) is 10.2 Å². The predicted octanol–water partition coefficient (Wildman–Crippen LogP) is 6.55. The fourth-order valence-electron chi connectivity index (χ4n) is 3.91. The number of halogens is 2. The van der Waals surface area contributed by atoms with E-state index in [1.807, 2.05) is 84.6 Å². The number of H-pyrrole nitrogens is 1. The molecular weight excluding hydrogens is 462 g/mol. The molecule has 30 heavy (non-hydrogen) atoms. The van der Waals surface area contributed by atoms with Gasteiger partial charge < -0.3 is 0 Å². The normalized spacial score (nSPS) is 15.5. The van der Waals surface area contributed by atoms with Crippen LogP contribution in [0.4, 0.5) is 5.69 Å². The summed E-state index contributed by atoms with van der Waals surface area (Å²) in [4.78, 5) is 15.3. The van der Waals surface area contributed by atoms with Gasteiger partial charge in [0.1, 0.15) is 5.69 Å². The molecule has 1 atom stereocenters. The smallest absolute Gasteiger partial charge is 0.277 e. The monoisotopic (exact) mass is 477 g/mol. The van der Waals surface area contributed by atoms with E-state index in [1.165, 1.54) is 0 Å². The maximum Gasteiger partial charge on any atom is 0.277 e. The highest BCUT2D eigenvalue weighted by Gasteiger charge is 2.43. The van der Waals surface area contributed by atoms with Crippen LogP contribution < -0.4 is 4.90 Å². The Balaban J connectivity index is 1.71. The molecule has 148 valence electrons. The van der Waals surface area contributed by atoms with Crippen LogP contribution in [0.25, 0.3) is 11.3 Å². The molecule has 4 nitrogen and oxygen atoms in total. The minimum atomic E-state index is -0.301. The van der Waals surface area contributed by atoms with Crippen molar-refractivity contribution in [3.05, 3.63) is 105 Å². The molecule has 2 heterocycles. The van der Waals surface area contributed by atoms with Crippen molar-refractivity contribution in [2.75, 3.05) is 4.90 Å². The van der Waals surface area contributed by atoms with Crippen molar-refractivity contribution in [3.8, 4) is 11.3 Å². The third-order valence-electron chi connectivity index (χ3n) is 5.38. The van der Waals surface area contributed by atoms with E-state index in [0.717, 1.165) is 38.1 Å². The van der Waals surface area contributed by atoms with Crippen molar-refractivity contribution in [1.29, 1.82) is 0 Å². The summed E-state index contributed by atoms with van der Waals surface area (Å²) in [6, 6.07) is 23.3. The highest BCUT2D eigenvalue weighted by molar-refractivity contribution is 9.10. The zero-order valence-corrected chi connectivity index (χ0v) is 18.4. The number of carbonyl (C=O) groups is 1. The molecule has 3 aromatic carbocycles. The Bertz CT molecular complexity index is 1230. The SMILES string of the molecule is Cc1ccc(N2C(=O)c3[nH]nc(-c4ccc(Br)cc4)c3[C@@H]2c2ccc(Cl)cc2)cc1. The zero-order chi connectivity index (χ0) is 20.8. The van der Waals surface area contributed by atoms with Crippen LogP contribution in [0, 0.1) is 6.92 Å². The second-order valence-electron chi connectivity index (χ2n) is 7.33. The van der Waals surface area contributed by atoms with Crippen LogP contribution in [0.1, 0.15) is 33.2 Å². The fraction of sp³-hybridized carbons (Fsp3) is 0.0833. The summed E-state index contributed by atoms with van der Waals surface area (Å²) in [7, 11) is 0. The number of aromatic nitrogens is 2. The van der Waals surface area contributed by atoms with Crippen molar-refractivity contribution < 1.29 is 4.79 Å². The first-order chi connectivity index (χ1) is 14.5. The highest BCUT2D eigenvalue weighted by atomic mass is 79.9. The molecule has 0 bridgehead atoms. The van der Waals surface area contributed by atoms with Crippen molar-refractivity contribution in [2.24, 2.45) is 0 Å². The van der Waals surface area contributed by atoms with E-state index >= 15 is 0 Å². The van der Waals surface area contributed by atoms with Crippen LogP contribution >= 0.6 is 27.5 Å². The lowest BCUT2D eigenvalue weighted by Gasteiger charge is -2.26. The lowest BCUT2D eigenvalue weighted by Crippen LogP contribution is -2.29.